The third kappa shape index (κ3) is 1.94. The van der Waals surface area contributed by atoms with Crippen molar-refractivity contribution in [2.24, 2.45) is 11.1 Å². The van der Waals surface area contributed by atoms with E-state index in [1.807, 2.05) is 19.1 Å². The van der Waals surface area contributed by atoms with Crippen molar-refractivity contribution in [3.05, 3.63) is 29.3 Å². The lowest BCUT2D eigenvalue weighted by Gasteiger charge is -2.38. The standard InChI is InChI=1S/C13H17NO3/c1-9-5-10(3-4-11(9)16-2)12(15)13(6-14)7-17-8-13/h3-5H,6-8,14H2,1-2H3. The topological polar surface area (TPSA) is 61.5 Å². The first-order valence-electron chi connectivity index (χ1n) is 5.60. The van der Waals surface area contributed by atoms with E-state index in [-0.39, 0.29) is 5.78 Å². The number of ketones is 1. The fourth-order valence-corrected chi connectivity index (χ4v) is 2.02. The van der Waals surface area contributed by atoms with Gasteiger partial charge < -0.3 is 15.2 Å². The number of carbonyl (C=O) groups excluding carboxylic acids is 1. The van der Waals surface area contributed by atoms with Crippen molar-refractivity contribution < 1.29 is 14.3 Å². The van der Waals surface area contributed by atoms with Gasteiger partial charge in [0.1, 0.15) is 5.75 Å². The Balaban J connectivity index is 2.28. The van der Waals surface area contributed by atoms with Crippen LogP contribution in [0.2, 0.25) is 0 Å². The molecule has 4 nitrogen and oxygen atoms in total. The molecule has 1 aromatic rings. The number of Topliss-reactive ketones (excluding diaryl/α,β-unsaturated/α-hetero) is 1. The Morgan fingerprint density at radius 3 is 2.65 bits per heavy atom. The van der Waals surface area contributed by atoms with Crippen molar-refractivity contribution in [1.82, 2.24) is 0 Å². The van der Waals surface area contributed by atoms with Gasteiger partial charge in [0.2, 0.25) is 0 Å². The molecule has 92 valence electrons. The molecule has 1 saturated heterocycles. The maximum absolute atomic E-state index is 12.3. The number of ether oxygens (including phenoxy) is 2. The average Bonchev–Trinajstić information content (AvgIpc) is 2.28. The predicted molar refractivity (Wildman–Crippen MR) is 64.4 cm³/mol. The van der Waals surface area contributed by atoms with Gasteiger partial charge in [-0.15, -0.1) is 0 Å². The van der Waals surface area contributed by atoms with E-state index in [0.717, 1.165) is 11.3 Å². The Bertz CT molecular complexity index is 433. The van der Waals surface area contributed by atoms with Crippen LogP contribution in [0, 0.1) is 12.3 Å². The van der Waals surface area contributed by atoms with Crippen LogP contribution in [-0.4, -0.2) is 32.7 Å². The number of hydrogen-bond acceptors (Lipinski definition) is 4. The number of carbonyl (C=O) groups is 1. The molecule has 17 heavy (non-hydrogen) atoms. The first-order chi connectivity index (χ1) is 8.13. The molecular weight excluding hydrogens is 218 g/mol. The summed E-state index contributed by atoms with van der Waals surface area (Å²) in [6.07, 6.45) is 0. The van der Waals surface area contributed by atoms with E-state index in [0.29, 0.717) is 25.3 Å². The summed E-state index contributed by atoms with van der Waals surface area (Å²) in [6.45, 7) is 3.10. The highest BCUT2D eigenvalue weighted by atomic mass is 16.5. The number of nitrogens with two attached hydrogens (primary N) is 1. The number of methoxy groups -OCH3 is 1. The molecule has 1 aromatic carbocycles. The summed E-state index contributed by atoms with van der Waals surface area (Å²) in [7, 11) is 1.62. The summed E-state index contributed by atoms with van der Waals surface area (Å²) in [4.78, 5) is 12.3. The molecule has 1 aliphatic rings. The Labute approximate surface area is 101 Å². The maximum Gasteiger partial charge on any atom is 0.174 e. The summed E-state index contributed by atoms with van der Waals surface area (Å²) in [6, 6.07) is 5.44. The van der Waals surface area contributed by atoms with Gasteiger partial charge in [-0.2, -0.15) is 0 Å². The number of aryl methyl sites for hydroxylation is 1. The van der Waals surface area contributed by atoms with Crippen LogP contribution in [0.1, 0.15) is 15.9 Å². The smallest absolute Gasteiger partial charge is 0.174 e. The molecule has 2 N–H and O–H groups in total. The Morgan fingerprint density at radius 1 is 1.53 bits per heavy atom. The van der Waals surface area contributed by atoms with Crippen LogP contribution in [0.4, 0.5) is 0 Å². The van der Waals surface area contributed by atoms with E-state index in [1.54, 1.807) is 13.2 Å². The third-order valence-electron chi connectivity index (χ3n) is 3.29. The van der Waals surface area contributed by atoms with Crippen LogP contribution in [0.3, 0.4) is 0 Å². The van der Waals surface area contributed by atoms with Gasteiger partial charge >= 0.3 is 0 Å². The predicted octanol–water partition coefficient (Wildman–Crippen LogP) is 1.16. The van der Waals surface area contributed by atoms with Crippen molar-refractivity contribution in [1.29, 1.82) is 0 Å². The second kappa shape index (κ2) is 4.47. The molecule has 0 aliphatic carbocycles. The highest BCUT2D eigenvalue weighted by Gasteiger charge is 2.44. The van der Waals surface area contributed by atoms with Crippen LogP contribution in [0.5, 0.6) is 5.75 Å². The molecule has 0 atom stereocenters. The van der Waals surface area contributed by atoms with Gasteiger partial charge in [0.05, 0.1) is 25.7 Å². The molecule has 0 spiro atoms. The minimum absolute atomic E-state index is 0.0667. The summed E-state index contributed by atoms with van der Waals surface area (Å²) >= 11 is 0. The zero-order valence-electron chi connectivity index (χ0n) is 10.2. The number of benzene rings is 1. The van der Waals surface area contributed by atoms with Crippen molar-refractivity contribution >= 4 is 5.78 Å². The second-order valence-corrected chi connectivity index (χ2v) is 4.49. The third-order valence-corrected chi connectivity index (χ3v) is 3.29. The molecule has 0 amide bonds. The molecule has 4 heteroatoms. The van der Waals surface area contributed by atoms with Crippen LogP contribution in [0.15, 0.2) is 18.2 Å². The monoisotopic (exact) mass is 235 g/mol. The van der Waals surface area contributed by atoms with Gasteiger partial charge in [0.25, 0.3) is 0 Å². The SMILES string of the molecule is COc1ccc(C(=O)C2(CN)COC2)cc1C. The number of rotatable bonds is 4. The van der Waals surface area contributed by atoms with Gasteiger partial charge in [0.15, 0.2) is 5.78 Å². The van der Waals surface area contributed by atoms with E-state index in [1.165, 1.54) is 0 Å². The van der Waals surface area contributed by atoms with Crippen LogP contribution in [-0.2, 0) is 4.74 Å². The fourth-order valence-electron chi connectivity index (χ4n) is 2.02. The van der Waals surface area contributed by atoms with E-state index >= 15 is 0 Å². The molecule has 0 aromatic heterocycles. The Hall–Kier alpha value is -1.39. The van der Waals surface area contributed by atoms with Gasteiger partial charge in [-0.1, -0.05) is 0 Å². The molecule has 1 fully saturated rings. The average molecular weight is 235 g/mol. The Kier molecular flexibility index (Phi) is 3.17. The zero-order valence-corrected chi connectivity index (χ0v) is 10.2. The minimum atomic E-state index is -0.513. The lowest BCUT2D eigenvalue weighted by molar-refractivity contribution is -0.0816. The van der Waals surface area contributed by atoms with Crippen molar-refractivity contribution in [3.63, 3.8) is 0 Å². The molecule has 2 rings (SSSR count). The maximum atomic E-state index is 12.3. The molecule has 1 heterocycles. The van der Waals surface area contributed by atoms with Crippen molar-refractivity contribution in [2.45, 2.75) is 6.92 Å². The van der Waals surface area contributed by atoms with E-state index in [2.05, 4.69) is 0 Å². The highest BCUT2D eigenvalue weighted by molar-refractivity contribution is 6.01. The van der Waals surface area contributed by atoms with Gasteiger partial charge in [-0.25, -0.2) is 0 Å². The van der Waals surface area contributed by atoms with Gasteiger partial charge in [-0.05, 0) is 30.7 Å². The number of hydrogen-bond donors (Lipinski definition) is 1. The minimum Gasteiger partial charge on any atom is -0.496 e. The normalized spacial score (nSPS) is 17.4. The molecular formula is C13H17NO3. The Morgan fingerprint density at radius 2 is 2.24 bits per heavy atom. The largest absolute Gasteiger partial charge is 0.496 e. The van der Waals surface area contributed by atoms with Crippen LogP contribution >= 0.6 is 0 Å². The summed E-state index contributed by atoms with van der Waals surface area (Å²) in [5.41, 5.74) is 6.79. The summed E-state index contributed by atoms with van der Waals surface area (Å²) in [5.74, 6) is 0.852. The first kappa shape index (κ1) is 12.1. The van der Waals surface area contributed by atoms with Crippen molar-refractivity contribution in [3.8, 4) is 5.75 Å². The lowest BCUT2D eigenvalue weighted by Crippen LogP contribution is -2.54. The second-order valence-electron chi connectivity index (χ2n) is 4.49. The zero-order chi connectivity index (χ0) is 12.5. The molecule has 0 unspecified atom stereocenters. The lowest BCUT2D eigenvalue weighted by atomic mass is 9.78. The first-order valence-corrected chi connectivity index (χ1v) is 5.60. The van der Waals surface area contributed by atoms with E-state index in [4.69, 9.17) is 15.2 Å². The van der Waals surface area contributed by atoms with E-state index in [9.17, 15) is 4.79 Å². The molecule has 0 radical (unpaired) electrons. The van der Waals surface area contributed by atoms with Crippen LogP contribution < -0.4 is 10.5 Å². The van der Waals surface area contributed by atoms with Crippen molar-refractivity contribution in [2.75, 3.05) is 26.9 Å². The van der Waals surface area contributed by atoms with E-state index < -0.39 is 5.41 Å². The molecule has 0 bridgehead atoms. The van der Waals surface area contributed by atoms with Gasteiger partial charge in [0, 0.05) is 12.1 Å². The van der Waals surface area contributed by atoms with Crippen LogP contribution in [0.25, 0.3) is 0 Å². The fraction of sp³-hybridized carbons (Fsp3) is 0.462. The quantitative estimate of drug-likeness (QED) is 0.795. The highest BCUT2D eigenvalue weighted by Crippen LogP contribution is 2.31. The summed E-state index contributed by atoms with van der Waals surface area (Å²) < 4.78 is 10.3. The molecule has 1 aliphatic heterocycles. The summed E-state index contributed by atoms with van der Waals surface area (Å²) in [5, 5.41) is 0. The van der Waals surface area contributed by atoms with Gasteiger partial charge in [-0.3, -0.25) is 4.79 Å². The molecule has 0 saturated carbocycles.